The van der Waals surface area contributed by atoms with Gasteiger partial charge in [0.25, 0.3) is 0 Å². The fraction of sp³-hybridized carbons (Fsp3) is 0.529. The van der Waals surface area contributed by atoms with Crippen LogP contribution in [0.25, 0.3) is 0 Å². The number of rotatable bonds is 6. The van der Waals surface area contributed by atoms with E-state index in [2.05, 4.69) is 56.0 Å². The molecule has 2 heterocycles. The van der Waals surface area contributed by atoms with Crippen LogP contribution in [0.4, 0.5) is 0 Å². The van der Waals surface area contributed by atoms with Crippen molar-refractivity contribution in [2.75, 3.05) is 0 Å². The zero-order valence-electron chi connectivity index (χ0n) is 12.3. The third-order valence-corrected chi connectivity index (χ3v) is 5.26. The maximum absolute atomic E-state index is 2.42. The average Bonchev–Trinajstić information content (AvgIpc) is 2.95. The monoisotopic (exact) mass is 292 g/mol. The Kier molecular flexibility index (Phi) is 5.23. The highest BCUT2D eigenvalue weighted by Gasteiger charge is 2.17. The van der Waals surface area contributed by atoms with Crippen molar-refractivity contribution in [3.8, 4) is 0 Å². The molecule has 0 saturated carbocycles. The summed E-state index contributed by atoms with van der Waals surface area (Å²) < 4.78 is 0. The predicted octanol–water partition coefficient (Wildman–Crippen LogP) is 5.99. The maximum Gasteiger partial charge on any atom is 0.00506 e. The first-order chi connectivity index (χ1) is 9.06. The van der Waals surface area contributed by atoms with Crippen LogP contribution in [-0.2, 0) is 12.8 Å². The van der Waals surface area contributed by atoms with Crippen molar-refractivity contribution in [2.45, 2.75) is 46.5 Å². The van der Waals surface area contributed by atoms with Crippen molar-refractivity contribution in [1.82, 2.24) is 0 Å². The Morgan fingerprint density at radius 1 is 1.05 bits per heavy atom. The van der Waals surface area contributed by atoms with E-state index in [-0.39, 0.29) is 0 Å². The van der Waals surface area contributed by atoms with Gasteiger partial charge in [-0.3, -0.25) is 0 Å². The summed E-state index contributed by atoms with van der Waals surface area (Å²) in [6.45, 7) is 9.26. The van der Waals surface area contributed by atoms with E-state index in [9.17, 15) is 0 Å². The van der Waals surface area contributed by atoms with E-state index in [1.807, 2.05) is 22.7 Å². The molecule has 0 fully saturated rings. The van der Waals surface area contributed by atoms with Crippen LogP contribution in [0.2, 0.25) is 0 Å². The van der Waals surface area contributed by atoms with Crippen LogP contribution in [0.3, 0.4) is 0 Å². The summed E-state index contributed by atoms with van der Waals surface area (Å²) in [5.74, 6) is 2.11. The van der Waals surface area contributed by atoms with Gasteiger partial charge >= 0.3 is 0 Å². The van der Waals surface area contributed by atoms with Crippen LogP contribution in [0.15, 0.2) is 28.3 Å². The second kappa shape index (κ2) is 6.71. The fourth-order valence-electron chi connectivity index (χ4n) is 2.52. The second-order valence-corrected chi connectivity index (χ2v) is 7.91. The Morgan fingerprint density at radius 2 is 1.84 bits per heavy atom. The molecule has 2 aromatic rings. The molecule has 2 rings (SSSR count). The van der Waals surface area contributed by atoms with Crippen LogP contribution in [0.5, 0.6) is 0 Å². The van der Waals surface area contributed by atoms with Crippen molar-refractivity contribution in [3.63, 3.8) is 0 Å². The lowest BCUT2D eigenvalue weighted by atomic mass is 9.85. The first-order valence-electron chi connectivity index (χ1n) is 7.14. The van der Waals surface area contributed by atoms with E-state index >= 15 is 0 Å². The maximum atomic E-state index is 2.42. The Bertz CT molecular complexity index is 477. The van der Waals surface area contributed by atoms with Gasteiger partial charge in [-0.15, -0.1) is 11.3 Å². The van der Waals surface area contributed by atoms with Gasteiger partial charge in [0, 0.05) is 4.88 Å². The summed E-state index contributed by atoms with van der Waals surface area (Å²) in [4.78, 5) is 1.54. The van der Waals surface area contributed by atoms with Crippen molar-refractivity contribution < 1.29 is 0 Å². The van der Waals surface area contributed by atoms with Crippen LogP contribution >= 0.6 is 22.7 Å². The molecule has 0 amide bonds. The molecule has 1 atom stereocenters. The third kappa shape index (κ3) is 4.19. The van der Waals surface area contributed by atoms with E-state index in [4.69, 9.17) is 0 Å². The smallest absolute Gasteiger partial charge is 0.00506 e. The summed E-state index contributed by atoms with van der Waals surface area (Å²) in [5.41, 5.74) is 3.03. The Labute approximate surface area is 125 Å². The molecule has 0 aromatic carbocycles. The molecular weight excluding hydrogens is 268 g/mol. The topological polar surface area (TPSA) is 0 Å². The molecule has 0 N–H and O–H groups in total. The van der Waals surface area contributed by atoms with Crippen LogP contribution in [0, 0.1) is 11.8 Å². The summed E-state index contributed by atoms with van der Waals surface area (Å²) in [6.07, 6.45) is 2.40. The van der Waals surface area contributed by atoms with Crippen molar-refractivity contribution in [1.29, 1.82) is 0 Å². The molecule has 0 aliphatic heterocycles. The van der Waals surface area contributed by atoms with Crippen molar-refractivity contribution >= 4 is 22.7 Å². The first kappa shape index (κ1) is 14.8. The highest BCUT2D eigenvalue weighted by atomic mass is 32.1. The minimum absolute atomic E-state index is 0.660. The van der Waals surface area contributed by atoms with Gasteiger partial charge in [0.2, 0.25) is 0 Å². The molecule has 0 spiro atoms. The molecular formula is C17H24S2. The summed E-state index contributed by atoms with van der Waals surface area (Å²) in [5, 5.41) is 6.87. The van der Waals surface area contributed by atoms with E-state index < -0.39 is 0 Å². The fourth-order valence-corrected chi connectivity index (χ4v) is 4.36. The molecule has 1 unspecified atom stereocenters. The average molecular weight is 293 g/mol. The predicted molar refractivity (Wildman–Crippen MR) is 88.5 cm³/mol. The lowest BCUT2D eigenvalue weighted by molar-refractivity contribution is 0.497. The zero-order chi connectivity index (χ0) is 13.8. The molecule has 2 heteroatoms. The summed E-state index contributed by atoms with van der Waals surface area (Å²) in [6, 6.07) is 4.71. The molecule has 2 aromatic heterocycles. The van der Waals surface area contributed by atoms with E-state index in [0.29, 0.717) is 11.8 Å². The molecule has 0 saturated heterocycles. The Balaban J connectivity index is 2.07. The van der Waals surface area contributed by atoms with Crippen molar-refractivity contribution in [2.24, 2.45) is 11.8 Å². The van der Waals surface area contributed by atoms with E-state index in [0.717, 1.165) is 5.92 Å². The van der Waals surface area contributed by atoms with Crippen molar-refractivity contribution in [3.05, 3.63) is 44.3 Å². The van der Waals surface area contributed by atoms with Gasteiger partial charge in [-0.25, -0.2) is 0 Å². The van der Waals surface area contributed by atoms with Gasteiger partial charge < -0.3 is 0 Å². The van der Waals surface area contributed by atoms with Gasteiger partial charge in [-0.1, -0.05) is 27.7 Å². The van der Waals surface area contributed by atoms with Gasteiger partial charge in [-0.05, 0) is 70.0 Å². The zero-order valence-corrected chi connectivity index (χ0v) is 14.0. The largest absolute Gasteiger partial charge is 0.152 e. The minimum Gasteiger partial charge on any atom is -0.152 e. The summed E-state index contributed by atoms with van der Waals surface area (Å²) >= 11 is 3.74. The van der Waals surface area contributed by atoms with Gasteiger partial charge in [0.05, 0.1) is 0 Å². The number of hydrogen-bond acceptors (Lipinski definition) is 2. The highest BCUT2D eigenvalue weighted by molar-refractivity contribution is 7.10. The molecule has 19 heavy (non-hydrogen) atoms. The lowest BCUT2D eigenvalue weighted by Crippen LogP contribution is -2.08. The Morgan fingerprint density at radius 3 is 2.42 bits per heavy atom. The van der Waals surface area contributed by atoms with Gasteiger partial charge in [-0.2, -0.15) is 11.3 Å². The van der Waals surface area contributed by atoms with Crippen LogP contribution in [0.1, 0.15) is 49.6 Å². The van der Waals surface area contributed by atoms with E-state index in [1.165, 1.54) is 28.8 Å². The van der Waals surface area contributed by atoms with E-state index in [1.54, 1.807) is 0 Å². The molecule has 0 aliphatic rings. The third-order valence-electron chi connectivity index (χ3n) is 3.55. The number of hydrogen-bond donors (Lipinski definition) is 0. The Hall–Kier alpha value is -0.600. The normalized spacial score (nSPS) is 13.4. The number of thiophene rings is 2. The van der Waals surface area contributed by atoms with Gasteiger partial charge in [0.15, 0.2) is 0 Å². The molecule has 0 aliphatic carbocycles. The SMILES string of the molecule is CC(C)Cc1cc(CC(c2ccsc2)C(C)C)cs1. The quantitative estimate of drug-likeness (QED) is 0.613. The van der Waals surface area contributed by atoms with Gasteiger partial charge in [0.1, 0.15) is 0 Å². The lowest BCUT2D eigenvalue weighted by Gasteiger charge is -2.19. The van der Waals surface area contributed by atoms with Crippen LogP contribution in [-0.4, -0.2) is 0 Å². The molecule has 0 nitrogen and oxygen atoms in total. The molecule has 0 radical (unpaired) electrons. The second-order valence-electron chi connectivity index (χ2n) is 6.13. The minimum atomic E-state index is 0.660. The standard InChI is InChI=1S/C17H24S2/c1-12(2)7-16-8-14(10-19-16)9-17(13(3)4)15-5-6-18-11-15/h5-6,8,10-13,17H,7,9H2,1-4H3. The van der Waals surface area contributed by atoms with Crippen LogP contribution < -0.4 is 0 Å². The molecule has 104 valence electrons. The highest BCUT2D eigenvalue weighted by Crippen LogP contribution is 2.31. The first-order valence-corrected chi connectivity index (χ1v) is 8.97. The molecule has 0 bridgehead atoms. The summed E-state index contributed by atoms with van der Waals surface area (Å²) in [7, 11) is 0.